The van der Waals surface area contributed by atoms with Crippen LogP contribution in [0.4, 0.5) is 0 Å². The maximum Gasteiger partial charge on any atom is 0.346 e. The van der Waals surface area contributed by atoms with Crippen LogP contribution in [0.5, 0.6) is 0 Å². The Kier molecular flexibility index (Phi) is 2.05. The van der Waals surface area contributed by atoms with Crippen molar-refractivity contribution < 1.29 is 14.3 Å². The van der Waals surface area contributed by atoms with Crippen LogP contribution in [-0.4, -0.2) is 19.2 Å². The van der Waals surface area contributed by atoms with E-state index in [0.29, 0.717) is 11.1 Å². The smallest absolute Gasteiger partial charge is 0.346 e. The number of benzene rings is 2. The standard InChI is InChI=1S/C13H8BO3/c1-14-11-4-2-3-7-5-9-10(6-8(7)11)13(16)17-12(9)15/h2-6H,1H3. The van der Waals surface area contributed by atoms with E-state index in [-0.39, 0.29) is 0 Å². The predicted molar refractivity (Wildman–Crippen MR) is 64.9 cm³/mol. The zero-order valence-electron chi connectivity index (χ0n) is 9.19. The fourth-order valence-electron chi connectivity index (χ4n) is 2.13. The van der Waals surface area contributed by atoms with Gasteiger partial charge in [-0.2, -0.15) is 0 Å². The van der Waals surface area contributed by atoms with Gasteiger partial charge < -0.3 is 4.74 Å². The van der Waals surface area contributed by atoms with Crippen molar-refractivity contribution in [1.29, 1.82) is 0 Å². The number of hydrogen-bond acceptors (Lipinski definition) is 3. The first-order valence-electron chi connectivity index (χ1n) is 5.33. The van der Waals surface area contributed by atoms with Crippen molar-refractivity contribution in [3.05, 3.63) is 41.5 Å². The fourth-order valence-corrected chi connectivity index (χ4v) is 2.13. The zero-order chi connectivity index (χ0) is 12.0. The number of carbonyl (C=O) groups excluding carboxylic acids is 2. The summed E-state index contributed by atoms with van der Waals surface area (Å²) in [4.78, 5) is 22.9. The second kappa shape index (κ2) is 3.45. The van der Waals surface area contributed by atoms with E-state index < -0.39 is 11.9 Å². The highest BCUT2D eigenvalue weighted by Gasteiger charge is 2.30. The monoisotopic (exact) mass is 223 g/mol. The molecule has 0 aromatic heterocycles. The Morgan fingerprint density at radius 3 is 2.47 bits per heavy atom. The van der Waals surface area contributed by atoms with Gasteiger partial charge >= 0.3 is 11.9 Å². The second-order valence-electron chi connectivity index (χ2n) is 3.93. The lowest BCUT2D eigenvalue weighted by Gasteiger charge is -2.04. The number of carbonyl (C=O) groups is 2. The van der Waals surface area contributed by atoms with Crippen LogP contribution >= 0.6 is 0 Å². The van der Waals surface area contributed by atoms with Gasteiger partial charge in [0.15, 0.2) is 0 Å². The molecule has 0 aliphatic carbocycles. The number of esters is 2. The van der Waals surface area contributed by atoms with Crippen molar-refractivity contribution in [3.63, 3.8) is 0 Å². The quantitative estimate of drug-likeness (QED) is 0.418. The highest BCUT2D eigenvalue weighted by Crippen LogP contribution is 2.25. The lowest BCUT2D eigenvalue weighted by Crippen LogP contribution is -2.11. The molecule has 4 heteroatoms. The molecule has 0 amide bonds. The van der Waals surface area contributed by atoms with Crippen molar-refractivity contribution in [3.8, 4) is 0 Å². The maximum atomic E-state index is 11.5. The number of cyclic esters (lactones) is 2. The third-order valence-corrected chi connectivity index (χ3v) is 2.99. The van der Waals surface area contributed by atoms with E-state index in [0.717, 1.165) is 16.2 Å². The van der Waals surface area contributed by atoms with Crippen LogP contribution in [0.15, 0.2) is 30.3 Å². The Morgan fingerprint density at radius 1 is 1.06 bits per heavy atom. The molecule has 81 valence electrons. The molecule has 1 radical (unpaired) electrons. The summed E-state index contributed by atoms with van der Waals surface area (Å²) in [6.45, 7) is 1.94. The molecule has 2 aromatic rings. The van der Waals surface area contributed by atoms with Gasteiger partial charge in [-0.25, -0.2) is 9.59 Å². The summed E-state index contributed by atoms with van der Waals surface area (Å²) >= 11 is 0. The molecule has 3 nitrogen and oxygen atoms in total. The van der Waals surface area contributed by atoms with Gasteiger partial charge in [-0.15, -0.1) is 0 Å². The summed E-state index contributed by atoms with van der Waals surface area (Å²) in [5.74, 6) is -1.12. The molecule has 0 atom stereocenters. The third kappa shape index (κ3) is 1.37. The van der Waals surface area contributed by atoms with Gasteiger partial charge in [0.05, 0.1) is 11.1 Å². The lowest BCUT2D eigenvalue weighted by atomic mass is 9.71. The summed E-state index contributed by atoms with van der Waals surface area (Å²) in [7, 11) is 1.97. The van der Waals surface area contributed by atoms with Crippen molar-refractivity contribution >= 4 is 35.5 Å². The first-order chi connectivity index (χ1) is 8.20. The molecule has 0 unspecified atom stereocenters. The average Bonchev–Trinajstić information content (AvgIpc) is 2.62. The highest BCUT2D eigenvalue weighted by molar-refractivity contribution is 6.55. The van der Waals surface area contributed by atoms with Gasteiger partial charge in [0.25, 0.3) is 0 Å². The molecule has 1 aliphatic rings. The molecule has 0 saturated heterocycles. The normalized spacial score (nSPS) is 13.7. The molecule has 3 rings (SSSR count). The van der Waals surface area contributed by atoms with E-state index >= 15 is 0 Å². The average molecular weight is 223 g/mol. The molecule has 0 N–H and O–H groups in total. The molecule has 0 spiro atoms. The van der Waals surface area contributed by atoms with E-state index in [1.54, 1.807) is 12.1 Å². The van der Waals surface area contributed by atoms with Gasteiger partial charge in [-0.05, 0) is 22.9 Å². The Morgan fingerprint density at radius 2 is 1.76 bits per heavy atom. The molecule has 1 aliphatic heterocycles. The minimum Gasteiger partial charge on any atom is -0.386 e. The van der Waals surface area contributed by atoms with Gasteiger partial charge in [0, 0.05) is 0 Å². The van der Waals surface area contributed by atoms with E-state index in [1.807, 2.05) is 32.3 Å². The number of hydrogen-bond donors (Lipinski definition) is 0. The summed E-state index contributed by atoms with van der Waals surface area (Å²) in [5.41, 5.74) is 1.75. The molecular formula is C13H8BO3. The maximum absolute atomic E-state index is 11.5. The van der Waals surface area contributed by atoms with Crippen molar-refractivity contribution in [1.82, 2.24) is 0 Å². The van der Waals surface area contributed by atoms with E-state index in [4.69, 9.17) is 0 Å². The first-order valence-corrected chi connectivity index (χ1v) is 5.33. The Hall–Kier alpha value is -2.10. The molecule has 17 heavy (non-hydrogen) atoms. The summed E-state index contributed by atoms with van der Waals surface area (Å²) < 4.78 is 4.59. The molecule has 0 fully saturated rings. The second-order valence-corrected chi connectivity index (χ2v) is 3.93. The van der Waals surface area contributed by atoms with Crippen molar-refractivity contribution in [2.24, 2.45) is 0 Å². The van der Waals surface area contributed by atoms with Crippen molar-refractivity contribution in [2.75, 3.05) is 0 Å². The Balaban J connectivity index is 2.39. The first kappa shape index (κ1) is 10.1. The zero-order valence-corrected chi connectivity index (χ0v) is 9.19. The molecular weight excluding hydrogens is 215 g/mol. The fraction of sp³-hybridized carbons (Fsp3) is 0.0769. The molecule has 2 aromatic carbocycles. The van der Waals surface area contributed by atoms with Crippen LogP contribution in [0, 0.1) is 0 Å². The largest absolute Gasteiger partial charge is 0.386 e. The summed E-state index contributed by atoms with van der Waals surface area (Å²) in [5, 5.41) is 1.89. The summed E-state index contributed by atoms with van der Waals surface area (Å²) in [6, 6.07) is 9.25. The van der Waals surface area contributed by atoms with Gasteiger partial charge in [0.1, 0.15) is 7.28 Å². The Bertz CT molecular complexity index is 661. The van der Waals surface area contributed by atoms with Crippen LogP contribution in [0.3, 0.4) is 0 Å². The predicted octanol–water partition coefficient (Wildman–Crippen LogP) is 1.53. The van der Waals surface area contributed by atoms with Crippen LogP contribution in [0.25, 0.3) is 10.8 Å². The molecule has 0 saturated carbocycles. The Labute approximate surface area is 98.6 Å². The summed E-state index contributed by atoms with van der Waals surface area (Å²) in [6.07, 6.45) is 0. The minimum atomic E-state index is -0.558. The molecule has 0 bridgehead atoms. The molecule has 1 heterocycles. The minimum absolute atomic E-state index is 0.357. The highest BCUT2D eigenvalue weighted by atomic mass is 16.6. The SMILES string of the molecule is C[B]c1cccc2cc3c(cc12)C(=O)OC3=O. The van der Waals surface area contributed by atoms with Gasteiger partial charge in [-0.1, -0.05) is 30.5 Å². The van der Waals surface area contributed by atoms with E-state index in [9.17, 15) is 9.59 Å². The van der Waals surface area contributed by atoms with E-state index in [2.05, 4.69) is 4.74 Å². The van der Waals surface area contributed by atoms with Crippen LogP contribution in [0.2, 0.25) is 6.82 Å². The van der Waals surface area contributed by atoms with Gasteiger partial charge in [-0.3, -0.25) is 0 Å². The van der Waals surface area contributed by atoms with Crippen LogP contribution in [-0.2, 0) is 4.74 Å². The number of fused-ring (bicyclic) bond motifs is 2. The van der Waals surface area contributed by atoms with Crippen LogP contribution in [0.1, 0.15) is 20.7 Å². The van der Waals surface area contributed by atoms with E-state index in [1.165, 1.54) is 0 Å². The third-order valence-electron chi connectivity index (χ3n) is 2.99. The number of ether oxygens (including phenoxy) is 1. The lowest BCUT2D eigenvalue weighted by molar-refractivity contribution is 0.0444. The van der Waals surface area contributed by atoms with Gasteiger partial charge in [0.2, 0.25) is 0 Å². The van der Waals surface area contributed by atoms with Crippen LogP contribution < -0.4 is 5.46 Å². The number of rotatable bonds is 1. The topological polar surface area (TPSA) is 43.4 Å². The van der Waals surface area contributed by atoms with Crippen molar-refractivity contribution in [2.45, 2.75) is 6.82 Å².